The lowest BCUT2D eigenvalue weighted by atomic mass is 10.3. The largest absolute Gasteiger partial charge is 0.433 e. The standard InChI is InChI=1S/C11H12N2O4/c1-3-7-12(8-4-2)11(14)9-5-6-10(17-9)13(15)16/h1,5-6H,4,7-8H2,2H3. The average molecular weight is 236 g/mol. The van der Waals surface area contributed by atoms with Gasteiger partial charge in [-0.3, -0.25) is 14.9 Å². The summed E-state index contributed by atoms with van der Waals surface area (Å²) in [6.07, 6.45) is 5.89. The lowest BCUT2D eigenvalue weighted by Crippen LogP contribution is -2.31. The van der Waals surface area contributed by atoms with Crippen molar-refractivity contribution < 1.29 is 14.1 Å². The van der Waals surface area contributed by atoms with E-state index in [9.17, 15) is 14.9 Å². The van der Waals surface area contributed by atoms with Gasteiger partial charge in [0.25, 0.3) is 5.91 Å². The molecule has 0 aliphatic carbocycles. The molecule has 0 aliphatic rings. The first-order valence-corrected chi connectivity index (χ1v) is 5.07. The van der Waals surface area contributed by atoms with E-state index in [1.165, 1.54) is 11.0 Å². The summed E-state index contributed by atoms with van der Waals surface area (Å²) >= 11 is 0. The highest BCUT2D eigenvalue weighted by molar-refractivity contribution is 5.91. The topological polar surface area (TPSA) is 76.6 Å². The number of carbonyl (C=O) groups excluding carboxylic acids is 1. The molecule has 0 radical (unpaired) electrons. The predicted octanol–water partition coefficient (Wildman–Crippen LogP) is 1.67. The quantitative estimate of drug-likeness (QED) is 0.442. The zero-order valence-corrected chi connectivity index (χ0v) is 9.38. The summed E-state index contributed by atoms with van der Waals surface area (Å²) in [4.78, 5) is 23.0. The third-order valence-corrected chi connectivity index (χ3v) is 2.05. The van der Waals surface area contributed by atoms with Crippen LogP contribution >= 0.6 is 0 Å². The van der Waals surface area contributed by atoms with Crippen molar-refractivity contribution >= 4 is 11.8 Å². The molecule has 17 heavy (non-hydrogen) atoms. The van der Waals surface area contributed by atoms with Crippen LogP contribution in [0, 0.1) is 22.5 Å². The van der Waals surface area contributed by atoms with Crippen LogP contribution in [-0.2, 0) is 0 Å². The molecule has 6 heteroatoms. The van der Waals surface area contributed by atoms with Crippen molar-refractivity contribution in [1.29, 1.82) is 0 Å². The number of furan rings is 1. The molecule has 0 saturated heterocycles. The fourth-order valence-electron chi connectivity index (χ4n) is 1.33. The Kier molecular flexibility index (Phi) is 4.29. The van der Waals surface area contributed by atoms with Crippen molar-refractivity contribution in [1.82, 2.24) is 4.90 Å². The number of rotatable bonds is 5. The lowest BCUT2D eigenvalue weighted by Gasteiger charge is -2.17. The molecule has 0 aromatic carbocycles. The van der Waals surface area contributed by atoms with E-state index < -0.39 is 16.7 Å². The number of carbonyl (C=O) groups is 1. The summed E-state index contributed by atoms with van der Waals surface area (Å²) in [6.45, 7) is 2.54. The van der Waals surface area contributed by atoms with E-state index in [1.54, 1.807) is 0 Å². The van der Waals surface area contributed by atoms with Gasteiger partial charge in [0.05, 0.1) is 12.6 Å². The molecule has 0 fully saturated rings. The van der Waals surface area contributed by atoms with Crippen LogP contribution in [0.5, 0.6) is 0 Å². The molecular formula is C11H12N2O4. The highest BCUT2D eigenvalue weighted by atomic mass is 16.6. The summed E-state index contributed by atoms with van der Waals surface area (Å²) in [7, 11) is 0. The van der Waals surface area contributed by atoms with Crippen molar-refractivity contribution in [2.24, 2.45) is 0 Å². The molecule has 0 saturated carbocycles. The number of hydrogen-bond donors (Lipinski definition) is 0. The molecular weight excluding hydrogens is 224 g/mol. The Labute approximate surface area is 98.4 Å². The van der Waals surface area contributed by atoms with Gasteiger partial charge in [-0.1, -0.05) is 12.8 Å². The molecule has 1 aromatic rings. The zero-order valence-electron chi connectivity index (χ0n) is 9.38. The highest BCUT2D eigenvalue weighted by Crippen LogP contribution is 2.17. The molecule has 0 aliphatic heterocycles. The summed E-state index contributed by atoms with van der Waals surface area (Å²) < 4.78 is 4.82. The van der Waals surface area contributed by atoms with Gasteiger partial charge < -0.3 is 9.32 Å². The summed E-state index contributed by atoms with van der Waals surface area (Å²) in [5.41, 5.74) is 0. The smallest absolute Gasteiger partial charge is 0.395 e. The molecule has 0 atom stereocenters. The van der Waals surface area contributed by atoms with E-state index in [0.717, 1.165) is 12.5 Å². The van der Waals surface area contributed by atoms with Crippen LogP contribution < -0.4 is 0 Å². The van der Waals surface area contributed by atoms with E-state index in [1.807, 2.05) is 6.92 Å². The van der Waals surface area contributed by atoms with Crippen LogP contribution in [0.15, 0.2) is 16.5 Å². The Hall–Kier alpha value is -2.29. The zero-order chi connectivity index (χ0) is 12.8. The Morgan fingerprint density at radius 3 is 2.82 bits per heavy atom. The van der Waals surface area contributed by atoms with Crippen molar-refractivity contribution in [2.75, 3.05) is 13.1 Å². The Balaban J connectivity index is 2.85. The van der Waals surface area contributed by atoms with Gasteiger partial charge in [0.2, 0.25) is 0 Å². The molecule has 0 spiro atoms. The monoisotopic (exact) mass is 236 g/mol. The fraction of sp³-hybridized carbons (Fsp3) is 0.364. The van der Waals surface area contributed by atoms with Gasteiger partial charge in [0.15, 0.2) is 5.76 Å². The van der Waals surface area contributed by atoms with Crippen LogP contribution in [0.2, 0.25) is 0 Å². The predicted molar refractivity (Wildman–Crippen MR) is 60.4 cm³/mol. The highest BCUT2D eigenvalue weighted by Gasteiger charge is 2.21. The molecule has 1 aromatic heterocycles. The molecule has 0 bridgehead atoms. The van der Waals surface area contributed by atoms with Gasteiger partial charge in [-0.2, -0.15) is 0 Å². The van der Waals surface area contributed by atoms with Gasteiger partial charge in [0, 0.05) is 6.54 Å². The third kappa shape index (κ3) is 3.08. The van der Waals surface area contributed by atoms with Gasteiger partial charge in [-0.05, 0) is 12.5 Å². The molecule has 1 heterocycles. The van der Waals surface area contributed by atoms with Crippen LogP contribution in [-0.4, -0.2) is 28.8 Å². The third-order valence-electron chi connectivity index (χ3n) is 2.05. The molecule has 1 rings (SSSR count). The van der Waals surface area contributed by atoms with Crippen molar-refractivity contribution in [3.05, 3.63) is 28.0 Å². The molecule has 0 N–H and O–H groups in total. The van der Waals surface area contributed by atoms with Gasteiger partial charge in [-0.25, -0.2) is 0 Å². The number of amides is 1. The second-order valence-electron chi connectivity index (χ2n) is 3.33. The van der Waals surface area contributed by atoms with E-state index in [-0.39, 0.29) is 12.3 Å². The van der Waals surface area contributed by atoms with Crippen molar-refractivity contribution in [3.8, 4) is 12.3 Å². The summed E-state index contributed by atoms with van der Waals surface area (Å²) in [5, 5.41) is 10.4. The summed E-state index contributed by atoms with van der Waals surface area (Å²) in [6, 6.07) is 2.42. The first kappa shape index (κ1) is 12.8. The molecule has 1 amide bonds. The Morgan fingerprint density at radius 2 is 2.35 bits per heavy atom. The normalized spacial score (nSPS) is 9.65. The second-order valence-corrected chi connectivity index (χ2v) is 3.33. The Bertz CT molecular complexity index is 458. The van der Waals surface area contributed by atoms with Crippen LogP contribution in [0.4, 0.5) is 5.88 Å². The van der Waals surface area contributed by atoms with Gasteiger partial charge >= 0.3 is 5.88 Å². The molecule has 6 nitrogen and oxygen atoms in total. The van der Waals surface area contributed by atoms with Crippen molar-refractivity contribution in [3.63, 3.8) is 0 Å². The first-order valence-electron chi connectivity index (χ1n) is 5.07. The van der Waals surface area contributed by atoms with Crippen molar-refractivity contribution in [2.45, 2.75) is 13.3 Å². The minimum absolute atomic E-state index is 0.0691. The maximum Gasteiger partial charge on any atom is 0.433 e. The number of terminal acetylenes is 1. The first-order chi connectivity index (χ1) is 8.10. The average Bonchev–Trinajstić information content (AvgIpc) is 2.77. The fourth-order valence-corrected chi connectivity index (χ4v) is 1.33. The number of nitrogens with zero attached hydrogens (tertiary/aromatic N) is 2. The minimum Gasteiger partial charge on any atom is -0.395 e. The van der Waals surface area contributed by atoms with Crippen LogP contribution in [0.3, 0.4) is 0 Å². The maximum atomic E-state index is 11.9. The SMILES string of the molecule is C#CCN(CCC)C(=O)c1ccc([N+](=O)[O-])o1. The lowest BCUT2D eigenvalue weighted by molar-refractivity contribution is -0.402. The van der Waals surface area contributed by atoms with Gasteiger partial charge in [0.1, 0.15) is 4.92 Å². The van der Waals surface area contributed by atoms with E-state index in [2.05, 4.69) is 5.92 Å². The van der Waals surface area contributed by atoms with E-state index in [0.29, 0.717) is 6.54 Å². The second kappa shape index (κ2) is 5.70. The van der Waals surface area contributed by atoms with Crippen LogP contribution in [0.1, 0.15) is 23.9 Å². The van der Waals surface area contributed by atoms with Gasteiger partial charge in [-0.15, -0.1) is 6.42 Å². The van der Waals surface area contributed by atoms with E-state index >= 15 is 0 Å². The minimum atomic E-state index is -0.692. The Morgan fingerprint density at radius 1 is 1.65 bits per heavy atom. The number of nitro groups is 1. The van der Waals surface area contributed by atoms with Crippen LogP contribution in [0.25, 0.3) is 0 Å². The molecule has 90 valence electrons. The molecule has 0 unspecified atom stereocenters. The maximum absolute atomic E-state index is 11.9. The number of hydrogen-bond acceptors (Lipinski definition) is 4. The van der Waals surface area contributed by atoms with E-state index in [4.69, 9.17) is 10.8 Å². The summed E-state index contributed by atoms with van der Waals surface area (Å²) in [5.74, 6) is 1.41.